The first-order valence-electron chi connectivity index (χ1n) is 12.4. The van der Waals surface area contributed by atoms with Crippen molar-refractivity contribution in [1.82, 2.24) is 24.8 Å². The van der Waals surface area contributed by atoms with Gasteiger partial charge in [0.2, 0.25) is 0 Å². The van der Waals surface area contributed by atoms with Gasteiger partial charge in [-0.05, 0) is 43.2 Å². The fourth-order valence-corrected chi connectivity index (χ4v) is 5.95. The van der Waals surface area contributed by atoms with E-state index in [1.54, 1.807) is 23.8 Å². The molecule has 1 aliphatic carbocycles. The number of hydrogen-bond acceptors (Lipinski definition) is 7. The second kappa shape index (κ2) is 9.51. The van der Waals surface area contributed by atoms with E-state index in [1.807, 2.05) is 25.3 Å². The number of likely N-dealkylation sites (tertiary alicyclic amines) is 1. The second-order valence-electron chi connectivity index (χ2n) is 10.2. The van der Waals surface area contributed by atoms with Gasteiger partial charge in [-0.3, -0.25) is 14.6 Å². The van der Waals surface area contributed by atoms with Crippen molar-refractivity contribution in [2.45, 2.75) is 32.4 Å². The summed E-state index contributed by atoms with van der Waals surface area (Å²) in [5.41, 5.74) is 9.60. The molecule has 2 aliphatic rings. The zero-order chi connectivity index (χ0) is 25.6. The first-order chi connectivity index (χ1) is 17.2. The quantitative estimate of drug-likeness (QED) is 0.394. The van der Waals surface area contributed by atoms with Crippen molar-refractivity contribution in [3.63, 3.8) is 0 Å². The zero-order valence-corrected chi connectivity index (χ0v) is 20.8. The van der Waals surface area contributed by atoms with Gasteiger partial charge < -0.3 is 26.4 Å². The number of anilines is 1. The van der Waals surface area contributed by atoms with E-state index in [1.165, 1.54) is 6.20 Å². The molecule has 0 spiro atoms. The van der Waals surface area contributed by atoms with Crippen molar-refractivity contribution >= 4 is 23.0 Å². The number of nitrogens with one attached hydrogen (secondary N) is 2. The van der Waals surface area contributed by atoms with E-state index in [4.69, 9.17) is 5.73 Å². The molecule has 3 aromatic rings. The molecule has 3 aromatic heterocycles. The van der Waals surface area contributed by atoms with Gasteiger partial charge in [-0.1, -0.05) is 13.0 Å². The van der Waals surface area contributed by atoms with Gasteiger partial charge in [0.05, 0.1) is 29.1 Å². The summed E-state index contributed by atoms with van der Waals surface area (Å²) in [6.45, 7) is 6.78. The lowest BCUT2D eigenvalue weighted by atomic mass is 9.93. The highest BCUT2D eigenvalue weighted by atomic mass is 16.3. The number of fused-ring (bicyclic) bond motifs is 2. The number of aromatic nitrogens is 3. The molecule has 5 rings (SSSR count). The minimum Gasteiger partial charge on any atom is -0.392 e. The van der Waals surface area contributed by atoms with Crippen LogP contribution in [0, 0.1) is 17.8 Å². The summed E-state index contributed by atoms with van der Waals surface area (Å²) in [6.07, 6.45) is 5.71. The van der Waals surface area contributed by atoms with E-state index < -0.39 is 5.91 Å². The number of amides is 2. The van der Waals surface area contributed by atoms with Crippen LogP contribution in [0.2, 0.25) is 0 Å². The molecule has 1 saturated carbocycles. The Labute approximate surface area is 209 Å². The summed E-state index contributed by atoms with van der Waals surface area (Å²) in [7, 11) is 1.57. The van der Waals surface area contributed by atoms with Gasteiger partial charge in [0.1, 0.15) is 5.69 Å². The topological polar surface area (TPSA) is 138 Å². The first-order valence-corrected chi connectivity index (χ1v) is 12.4. The molecule has 5 N–H and O–H groups in total. The van der Waals surface area contributed by atoms with Gasteiger partial charge >= 0.3 is 0 Å². The highest BCUT2D eigenvalue weighted by Gasteiger charge is 2.46. The number of rotatable bonds is 7. The highest BCUT2D eigenvalue weighted by Crippen LogP contribution is 2.44. The number of aliphatic hydroxyl groups is 1. The summed E-state index contributed by atoms with van der Waals surface area (Å²) in [6, 6.07) is 5.68. The monoisotopic (exact) mass is 491 g/mol. The molecular weight excluding hydrogens is 458 g/mol. The Morgan fingerprint density at radius 2 is 2.06 bits per heavy atom. The molecule has 0 aromatic carbocycles. The average Bonchev–Trinajstić information content (AvgIpc) is 3.53. The van der Waals surface area contributed by atoms with Crippen molar-refractivity contribution in [1.29, 1.82) is 0 Å². The number of carbonyl (C=O) groups excluding carboxylic acids is 2. The number of nitrogens with zero attached hydrogens (tertiary/aromatic N) is 4. The molecule has 2 amide bonds. The molecule has 5 atom stereocenters. The Bertz CT molecular complexity index is 1290. The van der Waals surface area contributed by atoms with E-state index in [-0.39, 0.29) is 18.1 Å². The summed E-state index contributed by atoms with van der Waals surface area (Å²) in [5.74, 6) is 0.730. The third-order valence-electron chi connectivity index (χ3n) is 7.75. The Kier molecular flexibility index (Phi) is 6.40. The first kappa shape index (κ1) is 24.2. The van der Waals surface area contributed by atoms with Gasteiger partial charge in [-0.2, -0.15) is 5.10 Å². The van der Waals surface area contributed by atoms with Gasteiger partial charge in [-0.25, -0.2) is 4.52 Å². The molecule has 0 unspecified atom stereocenters. The number of primary amides is 1. The maximum Gasteiger partial charge on any atom is 0.269 e. The lowest BCUT2D eigenvalue weighted by Gasteiger charge is -2.26. The third kappa shape index (κ3) is 4.42. The fourth-order valence-electron chi connectivity index (χ4n) is 5.95. The van der Waals surface area contributed by atoms with E-state index in [9.17, 15) is 14.7 Å². The van der Waals surface area contributed by atoms with Crippen LogP contribution in [0.15, 0.2) is 36.8 Å². The number of aliphatic hydroxyl groups excluding tert-OH is 1. The van der Waals surface area contributed by atoms with E-state index in [2.05, 4.69) is 32.5 Å². The largest absolute Gasteiger partial charge is 0.392 e. The van der Waals surface area contributed by atoms with Crippen LogP contribution < -0.4 is 16.4 Å². The van der Waals surface area contributed by atoms with Crippen LogP contribution in [0.3, 0.4) is 0 Å². The van der Waals surface area contributed by atoms with Crippen molar-refractivity contribution in [3.05, 3.63) is 48.0 Å². The Balaban J connectivity index is 1.43. The SMILES string of the molecule is CNC(=O)c1ccc(-c2cc3c(N[C@@H]4C[C@@H]5CN(C[C@@H](C)O)C[C@H]5[C@@H]4C)c(C(N)=O)cnn3c2)cn1. The summed E-state index contributed by atoms with van der Waals surface area (Å²) in [5, 5.41) is 20.4. The molecule has 2 fully saturated rings. The Morgan fingerprint density at radius 1 is 1.25 bits per heavy atom. The molecule has 190 valence electrons. The molecule has 36 heavy (non-hydrogen) atoms. The van der Waals surface area contributed by atoms with Gasteiger partial charge in [0.25, 0.3) is 11.8 Å². The van der Waals surface area contributed by atoms with Crippen molar-refractivity contribution in [2.75, 3.05) is 32.0 Å². The fraction of sp³-hybridized carbons (Fsp3) is 0.462. The Morgan fingerprint density at radius 3 is 2.69 bits per heavy atom. The number of nitrogens with two attached hydrogens (primary N) is 1. The highest BCUT2D eigenvalue weighted by molar-refractivity contribution is 6.02. The Hall–Kier alpha value is -3.50. The lowest BCUT2D eigenvalue weighted by molar-refractivity contribution is 0.0956. The van der Waals surface area contributed by atoms with Crippen LogP contribution in [0.5, 0.6) is 0 Å². The number of carbonyl (C=O) groups is 2. The molecule has 10 nitrogen and oxygen atoms in total. The molecule has 10 heteroatoms. The molecule has 1 saturated heterocycles. The molecular formula is C26H33N7O3. The van der Waals surface area contributed by atoms with Crippen LogP contribution >= 0.6 is 0 Å². The predicted molar refractivity (Wildman–Crippen MR) is 137 cm³/mol. The minimum atomic E-state index is -0.527. The lowest BCUT2D eigenvalue weighted by Crippen LogP contribution is -2.34. The van der Waals surface area contributed by atoms with Crippen molar-refractivity contribution < 1.29 is 14.7 Å². The summed E-state index contributed by atoms with van der Waals surface area (Å²) < 4.78 is 1.74. The van der Waals surface area contributed by atoms with E-state index in [0.29, 0.717) is 41.2 Å². The molecule has 4 heterocycles. The maximum atomic E-state index is 12.3. The molecule has 0 radical (unpaired) electrons. The molecule has 0 bridgehead atoms. The van der Waals surface area contributed by atoms with Crippen molar-refractivity contribution in [3.8, 4) is 11.1 Å². The number of hydrogen-bond donors (Lipinski definition) is 4. The van der Waals surface area contributed by atoms with Crippen LogP contribution in [0.1, 0.15) is 41.1 Å². The third-order valence-corrected chi connectivity index (χ3v) is 7.75. The van der Waals surface area contributed by atoms with Crippen LogP contribution in [-0.4, -0.2) is 75.2 Å². The molecule has 1 aliphatic heterocycles. The summed E-state index contributed by atoms with van der Waals surface area (Å²) >= 11 is 0. The maximum absolute atomic E-state index is 12.3. The van der Waals surface area contributed by atoms with E-state index in [0.717, 1.165) is 36.2 Å². The minimum absolute atomic E-state index is 0.199. The summed E-state index contributed by atoms with van der Waals surface area (Å²) in [4.78, 5) is 30.8. The van der Waals surface area contributed by atoms with Gasteiger partial charge in [0, 0.05) is 56.2 Å². The predicted octanol–water partition coefficient (Wildman–Crippen LogP) is 1.60. The van der Waals surface area contributed by atoms with Crippen LogP contribution in [0.4, 0.5) is 5.69 Å². The van der Waals surface area contributed by atoms with E-state index >= 15 is 0 Å². The number of β-amino-alcohol motifs (C(OH)–C–C–N with tert-alkyl or cyclic N) is 1. The van der Waals surface area contributed by atoms with Gasteiger partial charge in [0.15, 0.2) is 0 Å². The normalized spacial score (nSPS) is 24.6. The number of pyridine rings is 1. The van der Waals surface area contributed by atoms with Crippen LogP contribution in [-0.2, 0) is 0 Å². The zero-order valence-electron chi connectivity index (χ0n) is 20.8. The standard InChI is InChI=1S/C26H33N7O3/c1-14(34)10-32-11-18-6-22(15(2)20(18)13-32)31-24-19(25(27)35)9-30-33-12-17(7-23(24)33)16-4-5-21(29-8-16)26(36)28-3/h4-5,7-9,12,14-15,18,20,22,31,34H,6,10-11,13H2,1-3H3,(H2,27,35)(H,28,36)/t14-,15+,18-,20+,22-/m1/s1. The smallest absolute Gasteiger partial charge is 0.269 e. The second-order valence-corrected chi connectivity index (χ2v) is 10.2. The van der Waals surface area contributed by atoms with Crippen LogP contribution in [0.25, 0.3) is 16.6 Å². The van der Waals surface area contributed by atoms with Gasteiger partial charge in [-0.15, -0.1) is 0 Å². The van der Waals surface area contributed by atoms with Crippen molar-refractivity contribution in [2.24, 2.45) is 23.5 Å². The average molecular weight is 492 g/mol.